The highest BCUT2D eigenvalue weighted by molar-refractivity contribution is 14.1. The van der Waals surface area contributed by atoms with E-state index < -0.39 is 11.9 Å². The van der Waals surface area contributed by atoms with E-state index in [2.05, 4.69) is 22.6 Å². The molecule has 0 radical (unpaired) electrons. The zero-order valence-corrected chi connectivity index (χ0v) is 18.6. The fourth-order valence-corrected chi connectivity index (χ4v) is 3.55. The van der Waals surface area contributed by atoms with Gasteiger partial charge < -0.3 is 14.2 Å². The Bertz CT molecular complexity index is 1020. The van der Waals surface area contributed by atoms with Gasteiger partial charge in [0, 0.05) is 0 Å². The molecular weight excluding hydrogens is 495 g/mol. The molecule has 0 aromatic heterocycles. The maximum atomic E-state index is 12.4. The summed E-state index contributed by atoms with van der Waals surface area (Å²) in [6.45, 7) is 0.321. The van der Waals surface area contributed by atoms with E-state index in [-0.39, 0.29) is 5.75 Å². The quantitative estimate of drug-likeness (QED) is 0.176. The van der Waals surface area contributed by atoms with Crippen molar-refractivity contribution < 1.29 is 23.8 Å². The van der Waals surface area contributed by atoms with Gasteiger partial charge in [0.1, 0.15) is 11.5 Å². The van der Waals surface area contributed by atoms with Crippen LogP contribution in [0.1, 0.15) is 32.7 Å². The first kappa shape index (κ1) is 21.8. The van der Waals surface area contributed by atoms with Crippen molar-refractivity contribution in [3.63, 3.8) is 0 Å². The molecular formula is C24H21IO5. The number of benzene rings is 3. The van der Waals surface area contributed by atoms with Crippen molar-refractivity contribution in [2.75, 3.05) is 13.7 Å². The second-order valence-electron chi connectivity index (χ2n) is 6.49. The number of rotatable bonds is 8. The Morgan fingerprint density at radius 2 is 1.63 bits per heavy atom. The standard InChI is InChI=1S/C24H21IO5/c1-28-22-13-12-19(16-21(22)25)24(27)30-20-11-5-10-18(15-20)23(26)29-14-6-9-17-7-3-2-4-8-17/h2-5,7-8,10-13,15-16H,6,9,14H2,1H3. The summed E-state index contributed by atoms with van der Waals surface area (Å²) in [5.41, 5.74) is 1.94. The number of methoxy groups -OCH3 is 1. The van der Waals surface area contributed by atoms with Gasteiger partial charge in [-0.25, -0.2) is 9.59 Å². The Hall–Kier alpha value is -2.87. The Morgan fingerprint density at radius 1 is 0.867 bits per heavy atom. The molecule has 0 atom stereocenters. The van der Waals surface area contributed by atoms with Gasteiger partial charge in [-0.3, -0.25) is 0 Å². The lowest BCUT2D eigenvalue weighted by Gasteiger charge is -2.09. The molecule has 3 aromatic carbocycles. The lowest BCUT2D eigenvalue weighted by atomic mass is 10.1. The highest BCUT2D eigenvalue weighted by Gasteiger charge is 2.13. The van der Waals surface area contributed by atoms with Crippen molar-refractivity contribution in [2.24, 2.45) is 0 Å². The summed E-state index contributed by atoms with van der Waals surface area (Å²) < 4.78 is 16.8. The van der Waals surface area contributed by atoms with Crippen LogP contribution in [0, 0.1) is 3.57 Å². The number of ether oxygens (including phenoxy) is 3. The molecule has 0 N–H and O–H groups in total. The molecule has 0 saturated carbocycles. The zero-order chi connectivity index (χ0) is 21.3. The summed E-state index contributed by atoms with van der Waals surface area (Å²) in [6.07, 6.45) is 1.58. The molecule has 0 spiro atoms. The van der Waals surface area contributed by atoms with Crippen LogP contribution in [-0.2, 0) is 11.2 Å². The molecule has 0 unspecified atom stereocenters. The van der Waals surface area contributed by atoms with Crippen molar-refractivity contribution in [3.05, 3.63) is 93.1 Å². The summed E-state index contributed by atoms with van der Waals surface area (Å²) in [7, 11) is 1.57. The first-order chi connectivity index (χ1) is 14.6. The summed E-state index contributed by atoms with van der Waals surface area (Å²) in [6, 6.07) is 21.5. The summed E-state index contributed by atoms with van der Waals surface area (Å²) in [5.74, 6) is 0.0117. The zero-order valence-electron chi connectivity index (χ0n) is 16.5. The molecule has 0 aliphatic carbocycles. The van der Waals surface area contributed by atoms with E-state index in [4.69, 9.17) is 14.2 Å². The smallest absolute Gasteiger partial charge is 0.343 e. The monoisotopic (exact) mass is 516 g/mol. The molecule has 3 rings (SSSR count). The van der Waals surface area contributed by atoms with E-state index in [1.54, 1.807) is 43.5 Å². The SMILES string of the molecule is COc1ccc(C(=O)Oc2cccc(C(=O)OCCCc3ccccc3)c2)cc1I. The number of hydrogen-bond donors (Lipinski definition) is 0. The van der Waals surface area contributed by atoms with E-state index in [0.717, 1.165) is 16.4 Å². The number of carbonyl (C=O) groups excluding carboxylic acids is 2. The van der Waals surface area contributed by atoms with Gasteiger partial charge in [0.15, 0.2) is 0 Å². The van der Waals surface area contributed by atoms with Crippen molar-refractivity contribution >= 4 is 34.5 Å². The molecule has 0 fully saturated rings. The third kappa shape index (κ3) is 6.06. The molecule has 0 heterocycles. The Labute approximate surface area is 189 Å². The second-order valence-corrected chi connectivity index (χ2v) is 7.65. The van der Waals surface area contributed by atoms with Crippen LogP contribution in [0.15, 0.2) is 72.8 Å². The van der Waals surface area contributed by atoms with Crippen LogP contribution in [0.4, 0.5) is 0 Å². The van der Waals surface area contributed by atoms with Gasteiger partial charge in [-0.1, -0.05) is 36.4 Å². The first-order valence-corrected chi connectivity index (χ1v) is 10.5. The molecule has 0 amide bonds. The van der Waals surface area contributed by atoms with E-state index in [1.165, 1.54) is 11.6 Å². The van der Waals surface area contributed by atoms with Crippen LogP contribution >= 0.6 is 22.6 Å². The number of hydrogen-bond acceptors (Lipinski definition) is 5. The number of aryl methyl sites for hydroxylation is 1. The van der Waals surface area contributed by atoms with Gasteiger partial charge in [-0.15, -0.1) is 0 Å². The fourth-order valence-electron chi connectivity index (χ4n) is 2.82. The first-order valence-electron chi connectivity index (χ1n) is 9.43. The average molecular weight is 516 g/mol. The minimum Gasteiger partial charge on any atom is -0.496 e. The van der Waals surface area contributed by atoms with Crippen LogP contribution in [0.5, 0.6) is 11.5 Å². The Morgan fingerprint density at radius 3 is 2.37 bits per heavy atom. The fraction of sp³-hybridized carbons (Fsp3) is 0.167. The van der Waals surface area contributed by atoms with E-state index in [9.17, 15) is 9.59 Å². The predicted octanol–water partition coefficient (Wildman–Crippen LogP) is 5.31. The van der Waals surface area contributed by atoms with E-state index in [1.807, 2.05) is 30.3 Å². The highest BCUT2D eigenvalue weighted by atomic mass is 127. The second kappa shape index (κ2) is 10.8. The van der Waals surface area contributed by atoms with Gasteiger partial charge in [-0.2, -0.15) is 0 Å². The van der Waals surface area contributed by atoms with Gasteiger partial charge in [0.25, 0.3) is 0 Å². The van der Waals surface area contributed by atoms with Gasteiger partial charge in [0.05, 0.1) is 28.4 Å². The third-order valence-corrected chi connectivity index (χ3v) is 5.20. The van der Waals surface area contributed by atoms with Gasteiger partial charge in [-0.05, 0) is 77.4 Å². The maximum Gasteiger partial charge on any atom is 0.343 e. The summed E-state index contributed by atoms with van der Waals surface area (Å²) in [4.78, 5) is 24.7. The van der Waals surface area contributed by atoms with Crippen molar-refractivity contribution in [1.29, 1.82) is 0 Å². The molecule has 6 heteroatoms. The van der Waals surface area contributed by atoms with Crippen molar-refractivity contribution in [2.45, 2.75) is 12.8 Å². The largest absolute Gasteiger partial charge is 0.496 e. The topological polar surface area (TPSA) is 61.8 Å². The number of carbonyl (C=O) groups is 2. The van der Waals surface area contributed by atoms with Crippen LogP contribution in [0.3, 0.4) is 0 Å². The molecule has 0 aliphatic rings. The molecule has 3 aromatic rings. The van der Waals surface area contributed by atoms with E-state index in [0.29, 0.717) is 23.5 Å². The molecule has 0 bridgehead atoms. The van der Waals surface area contributed by atoms with Crippen LogP contribution in [0.25, 0.3) is 0 Å². The van der Waals surface area contributed by atoms with Crippen molar-refractivity contribution in [1.82, 2.24) is 0 Å². The normalized spacial score (nSPS) is 10.3. The van der Waals surface area contributed by atoms with Gasteiger partial charge >= 0.3 is 11.9 Å². The maximum absolute atomic E-state index is 12.4. The number of esters is 2. The molecule has 0 saturated heterocycles. The van der Waals surface area contributed by atoms with E-state index >= 15 is 0 Å². The predicted molar refractivity (Wildman–Crippen MR) is 122 cm³/mol. The minimum atomic E-state index is -0.510. The third-order valence-electron chi connectivity index (χ3n) is 4.35. The summed E-state index contributed by atoms with van der Waals surface area (Å²) >= 11 is 2.09. The highest BCUT2D eigenvalue weighted by Crippen LogP contribution is 2.23. The lowest BCUT2D eigenvalue weighted by molar-refractivity contribution is 0.0498. The lowest BCUT2D eigenvalue weighted by Crippen LogP contribution is -2.10. The van der Waals surface area contributed by atoms with Crippen LogP contribution < -0.4 is 9.47 Å². The van der Waals surface area contributed by atoms with Crippen LogP contribution in [0.2, 0.25) is 0 Å². The number of halogens is 1. The van der Waals surface area contributed by atoms with Crippen molar-refractivity contribution in [3.8, 4) is 11.5 Å². The average Bonchev–Trinajstić information content (AvgIpc) is 2.77. The minimum absolute atomic E-state index is 0.282. The Balaban J connectivity index is 1.55. The van der Waals surface area contributed by atoms with Gasteiger partial charge in [0.2, 0.25) is 0 Å². The Kier molecular flexibility index (Phi) is 7.84. The molecule has 30 heavy (non-hydrogen) atoms. The molecule has 0 aliphatic heterocycles. The summed E-state index contributed by atoms with van der Waals surface area (Å²) in [5, 5.41) is 0. The van der Waals surface area contributed by atoms with Crippen LogP contribution in [-0.4, -0.2) is 25.7 Å². The molecule has 5 nitrogen and oxygen atoms in total. The molecule has 154 valence electrons.